The molecular formula is C13H17N3O4. The number of carbonyl (C=O) groups is 2. The lowest BCUT2D eigenvalue weighted by Gasteiger charge is -2.35. The highest BCUT2D eigenvalue weighted by molar-refractivity contribution is 5.87. The van der Waals surface area contributed by atoms with Crippen molar-refractivity contribution in [2.24, 2.45) is 0 Å². The fraction of sp³-hybridized carbons (Fsp3) is 0.462. The molecule has 2 rings (SSSR count). The second-order valence-electron chi connectivity index (χ2n) is 4.31. The lowest BCUT2D eigenvalue weighted by Crippen LogP contribution is -2.48. The van der Waals surface area contributed by atoms with E-state index < -0.39 is 18.9 Å². The Morgan fingerprint density at radius 3 is 2.60 bits per heavy atom. The average molecular weight is 282 g/mol. The van der Waals surface area contributed by atoms with Gasteiger partial charge in [-0.25, -0.2) is 14.6 Å². The number of esters is 1. The molecule has 1 saturated heterocycles. The molecular weight excluding hydrogens is 262 g/mol. The number of amides is 1. The highest BCUT2D eigenvalue weighted by atomic mass is 16.5. The van der Waals surface area contributed by atoms with E-state index in [1.807, 2.05) is 0 Å². The summed E-state index contributed by atoms with van der Waals surface area (Å²) in [6, 6.07) is 2.91. The van der Waals surface area contributed by atoms with Crippen LogP contribution in [-0.4, -0.2) is 60.3 Å². The predicted molar refractivity (Wildman–Crippen MR) is 72.1 cm³/mol. The molecule has 0 bridgehead atoms. The fourth-order valence-electron chi connectivity index (χ4n) is 2.06. The number of methoxy groups -OCH3 is 1. The number of aryl methyl sites for hydroxylation is 1. The lowest BCUT2D eigenvalue weighted by atomic mass is 10.2. The number of aromatic nitrogens is 1. The third-order valence-corrected chi connectivity index (χ3v) is 3.16. The molecule has 0 aromatic carbocycles. The molecule has 1 fully saturated rings. The summed E-state index contributed by atoms with van der Waals surface area (Å²) in [7, 11) is 1.19. The van der Waals surface area contributed by atoms with E-state index in [9.17, 15) is 9.59 Å². The second kappa shape index (κ2) is 5.77. The van der Waals surface area contributed by atoms with Crippen molar-refractivity contribution >= 4 is 17.7 Å². The molecule has 20 heavy (non-hydrogen) atoms. The van der Waals surface area contributed by atoms with Crippen LogP contribution in [0.3, 0.4) is 0 Å². The van der Waals surface area contributed by atoms with Crippen LogP contribution >= 0.6 is 0 Å². The van der Waals surface area contributed by atoms with Gasteiger partial charge in [0.05, 0.1) is 18.5 Å². The normalized spacial score (nSPS) is 17.9. The van der Waals surface area contributed by atoms with Gasteiger partial charge in [-0.15, -0.1) is 0 Å². The zero-order chi connectivity index (χ0) is 17.2. The van der Waals surface area contributed by atoms with Crippen molar-refractivity contribution in [3.63, 3.8) is 0 Å². The lowest BCUT2D eigenvalue weighted by molar-refractivity contribution is 0.0593. The van der Waals surface area contributed by atoms with Crippen molar-refractivity contribution in [3.05, 3.63) is 23.5 Å². The van der Waals surface area contributed by atoms with Crippen molar-refractivity contribution in [2.75, 3.05) is 38.2 Å². The van der Waals surface area contributed by atoms with Gasteiger partial charge >= 0.3 is 12.1 Å². The van der Waals surface area contributed by atoms with Gasteiger partial charge < -0.3 is 19.6 Å². The summed E-state index contributed by atoms with van der Waals surface area (Å²) >= 11 is 0. The Hall–Kier alpha value is -2.31. The summed E-state index contributed by atoms with van der Waals surface area (Å²) in [5, 5.41) is 8.96. The van der Waals surface area contributed by atoms with Gasteiger partial charge in [0.15, 0.2) is 0 Å². The standard InChI is InChI=1S/C13H17N3O4/c1-9-11(4-3-10(14-9)12(17)20-2)15-5-7-16(8-6-15)13(18)19/h3-4H,5-8H2,1-2H3,(H,18,19)/i1D3. The number of carbonyl (C=O) groups excluding carboxylic acids is 1. The molecule has 2 heterocycles. The SMILES string of the molecule is [2H]C([2H])([2H])c1nc(C(=O)OC)ccc1N1CCN(C(=O)O)CC1. The number of piperazine rings is 1. The van der Waals surface area contributed by atoms with Gasteiger partial charge in [-0.2, -0.15) is 0 Å². The average Bonchev–Trinajstić information content (AvgIpc) is 2.52. The van der Waals surface area contributed by atoms with Crippen molar-refractivity contribution < 1.29 is 23.5 Å². The predicted octanol–water partition coefficient (Wildman–Crippen LogP) is 0.977. The van der Waals surface area contributed by atoms with Crippen molar-refractivity contribution in [3.8, 4) is 0 Å². The van der Waals surface area contributed by atoms with Crippen LogP contribution in [0, 0.1) is 6.85 Å². The van der Waals surface area contributed by atoms with Gasteiger partial charge in [0.25, 0.3) is 0 Å². The summed E-state index contributed by atoms with van der Waals surface area (Å²) < 4.78 is 27.4. The minimum atomic E-state index is -2.50. The Morgan fingerprint density at radius 1 is 1.35 bits per heavy atom. The van der Waals surface area contributed by atoms with E-state index in [1.54, 1.807) is 4.90 Å². The van der Waals surface area contributed by atoms with E-state index in [0.717, 1.165) is 0 Å². The first kappa shape index (κ1) is 10.5. The summed E-state index contributed by atoms with van der Waals surface area (Å²) in [5.41, 5.74) is 0.110. The minimum Gasteiger partial charge on any atom is -0.465 e. The molecule has 0 atom stereocenters. The number of ether oxygens (including phenoxy) is 1. The third kappa shape index (κ3) is 2.81. The first-order chi connectivity index (χ1) is 10.7. The molecule has 0 spiro atoms. The Bertz CT molecular complexity index is 613. The largest absolute Gasteiger partial charge is 0.465 e. The molecule has 7 heteroatoms. The smallest absolute Gasteiger partial charge is 0.407 e. The Balaban J connectivity index is 2.32. The van der Waals surface area contributed by atoms with E-state index in [4.69, 9.17) is 9.22 Å². The Labute approximate surface area is 121 Å². The summed E-state index contributed by atoms with van der Waals surface area (Å²) in [4.78, 5) is 29.4. The third-order valence-electron chi connectivity index (χ3n) is 3.16. The highest BCUT2D eigenvalue weighted by Gasteiger charge is 2.22. The van der Waals surface area contributed by atoms with Gasteiger partial charge in [-0.3, -0.25) is 0 Å². The topological polar surface area (TPSA) is 83.0 Å². The molecule has 108 valence electrons. The molecule has 7 nitrogen and oxygen atoms in total. The maximum Gasteiger partial charge on any atom is 0.407 e. The highest BCUT2D eigenvalue weighted by Crippen LogP contribution is 2.20. The van der Waals surface area contributed by atoms with Gasteiger partial charge in [0, 0.05) is 30.3 Å². The fourth-order valence-corrected chi connectivity index (χ4v) is 2.06. The van der Waals surface area contributed by atoms with Crippen LogP contribution in [0.5, 0.6) is 0 Å². The summed E-state index contributed by atoms with van der Waals surface area (Å²) in [5.74, 6) is -0.710. The van der Waals surface area contributed by atoms with Crippen molar-refractivity contribution in [1.82, 2.24) is 9.88 Å². The van der Waals surface area contributed by atoms with Crippen LogP contribution in [0.15, 0.2) is 12.1 Å². The molecule has 1 aliphatic heterocycles. The zero-order valence-electron chi connectivity index (χ0n) is 14.0. The molecule has 0 unspecified atom stereocenters. The van der Waals surface area contributed by atoms with Crippen LogP contribution < -0.4 is 4.90 Å². The van der Waals surface area contributed by atoms with E-state index in [0.29, 0.717) is 18.8 Å². The first-order valence-corrected chi connectivity index (χ1v) is 6.06. The number of nitrogens with zero attached hydrogens (tertiary/aromatic N) is 3. The van der Waals surface area contributed by atoms with Crippen molar-refractivity contribution in [2.45, 2.75) is 6.85 Å². The summed E-state index contributed by atoms with van der Waals surface area (Å²) in [6.45, 7) is -1.24. The van der Waals surface area contributed by atoms with Gasteiger partial charge in [0.1, 0.15) is 5.69 Å². The number of carboxylic acid groups (broad SMARTS) is 1. The van der Waals surface area contributed by atoms with Crippen LogP contribution in [0.1, 0.15) is 20.3 Å². The van der Waals surface area contributed by atoms with Gasteiger partial charge in [0.2, 0.25) is 0 Å². The van der Waals surface area contributed by atoms with Crippen LogP contribution in [0.4, 0.5) is 10.5 Å². The number of anilines is 1. The van der Waals surface area contributed by atoms with E-state index in [2.05, 4.69) is 9.72 Å². The van der Waals surface area contributed by atoms with Crippen LogP contribution in [0.25, 0.3) is 0 Å². The number of rotatable bonds is 2. The second-order valence-corrected chi connectivity index (χ2v) is 4.31. The molecule has 0 saturated carbocycles. The molecule has 1 amide bonds. The van der Waals surface area contributed by atoms with E-state index in [-0.39, 0.29) is 24.5 Å². The Kier molecular flexibility index (Phi) is 3.02. The molecule has 1 N–H and O–H groups in total. The van der Waals surface area contributed by atoms with Gasteiger partial charge in [-0.1, -0.05) is 0 Å². The van der Waals surface area contributed by atoms with Gasteiger partial charge in [-0.05, 0) is 19.0 Å². The van der Waals surface area contributed by atoms with E-state index in [1.165, 1.54) is 24.1 Å². The quantitative estimate of drug-likeness (QED) is 0.814. The summed E-state index contributed by atoms with van der Waals surface area (Å²) in [6.07, 6.45) is -1.00. The molecule has 1 aliphatic rings. The zero-order valence-corrected chi connectivity index (χ0v) is 11.0. The van der Waals surface area contributed by atoms with Crippen LogP contribution in [0.2, 0.25) is 0 Å². The van der Waals surface area contributed by atoms with E-state index >= 15 is 0 Å². The molecule has 0 radical (unpaired) electrons. The monoisotopic (exact) mass is 282 g/mol. The number of pyridine rings is 1. The minimum absolute atomic E-state index is 0.0773. The van der Waals surface area contributed by atoms with Crippen LogP contribution in [-0.2, 0) is 4.74 Å². The molecule has 1 aromatic heterocycles. The maximum atomic E-state index is 11.5. The maximum absolute atomic E-state index is 11.5. The number of hydrogen-bond donors (Lipinski definition) is 1. The molecule has 1 aromatic rings. The number of hydrogen-bond acceptors (Lipinski definition) is 5. The van der Waals surface area contributed by atoms with Crippen molar-refractivity contribution in [1.29, 1.82) is 0 Å². The first-order valence-electron chi connectivity index (χ1n) is 7.56. The Morgan fingerprint density at radius 2 is 2.05 bits per heavy atom. The molecule has 0 aliphatic carbocycles.